The van der Waals surface area contributed by atoms with Gasteiger partial charge in [-0.3, -0.25) is 4.79 Å². The summed E-state index contributed by atoms with van der Waals surface area (Å²) in [4.78, 5) is 14.7. The van der Waals surface area contributed by atoms with Gasteiger partial charge in [-0.2, -0.15) is 8.42 Å². The smallest absolute Gasteiger partial charge is 0.286 e. The van der Waals surface area contributed by atoms with Crippen molar-refractivity contribution in [2.45, 2.75) is 51.5 Å². The molecule has 2 aromatic rings. The summed E-state index contributed by atoms with van der Waals surface area (Å²) in [6.07, 6.45) is 1.66. The molecule has 3 rings (SSSR count). The number of rotatable bonds is 7. The zero-order valence-corrected chi connectivity index (χ0v) is 18.7. The Hall–Kier alpha value is -2.67. The lowest BCUT2D eigenvalue weighted by Gasteiger charge is -2.31. The Balaban J connectivity index is 1.76. The first-order valence-corrected chi connectivity index (χ1v) is 11.7. The van der Waals surface area contributed by atoms with Gasteiger partial charge in [-0.1, -0.05) is 44.2 Å². The zero-order chi connectivity index (χ0) is 21.9. The highest BCUT2D eigenvalue weighted by atomic mass is 32.2. The predicted molar refractivity (Wildman–Crippen MR) is 121 cm³/mol. The molecular formula is C23H29N3O3S. The highest BCUT2D eigenvalue weighted by Gasteiger charge is 2.30. The fourth-order valence-corrected chi connectivity index (χ4v) is 4.80. The van der Waals surface area contributed by atoms with E-state index in [1.807, 2.05) is 30.0 Å². The van der Waals surface area contributed by atoms with Gasteiger partial charge in [0, 0.05) is 18.2 Å². The summed E-state index contributed by atoms with van der Waals surface area (Å²) in [5.74, 6) is 0.496. The highest BCUT2D eigenvalue weighted by molar-refractivity contribution is 7.90. The number of fused-ring (bicyclic) bond motifs is 1. The van der Waals surface area contributed by atoms with E-state index in [-0.39, 0.29) is 16.8 Å². The van der Waals surface area contributed by atoms with Crippen LogP contribution in [0.25, 0.3) is 0 Å². The molecule has 1 aliphatic heterocycles. The Morgan fingerprint density at radius 1 is 1.10 bits per heavy atom. The van der Waals surface area contributed by atoms with Crippen LogP contribution in [0.5, 0.6) is 0 Å². The lowest BCUT2D eigenvalue weighted by Crippen LogP contribution is -2.37. The quantitative estimate of drug-likeness (QED) is 0.724. The molecule has 0 saturated carbocycles. The monoisotopic (exact) mass is 427 g/mol. The van der Waals surface area contributed by atoms with Gasteiger partial charge in [-0.25, -0.2) is 0 Å². The van der Waals surface area contributed by atoms with E-state index in [1.165, 1.54) is 11.6 Å². The minimum atomic E-state index is -3.82. The summed E-state index contributed by atoms with van der Waals surface area (Å²) in [5.41, 5.74) is 2.12. The predicted octanol–water partition coefficient (Wildman–Crippen LogP) is 4.02. The van der Waals surface area contributed by atoms with Gasteiger partial charge in [0.05, 0.1) is 5.69 Å². The maximum Gasteiger partial charge on any atom is 0.286 e. The number of aryl methyl sites for hydroxylation is 1. The van der Waals surface area contributed by atoms with Crippen molar-refractivity contribution in [2.75, 3.05) is 11.4 Å². The largest absolute Gasteiger partial charge is 0.350 e. The molecule has 1 N–H and O–H groups in total. The van der Waals surface area contributed by atoms with Crippen LogP contribution in [0.3, 0.4) is 0 Å². The molecule has 0 radical (unpaired) electrons. The van der Waals surface area contributed by atoms with E-state index in [1.54, 1.807) is 19.1 Å². The van der Waals surface area contributed by atoms with Crippen molar-refractivity contribution in [2.24, 2.45) is 10.3 Å². The number of benzene rings is 2. The average Bonchev–Trinajstić information content (AvgIpc) is 2.69. The van der Waals surface area contributed by atoms with E-state index >= 15 is 0 Å². The second-order valence-corrected chi connectivity index (χ2v) is 9.77. The summed E-state index contributed by atoms with van der Waals surface area (Å²) in [6.45, 7) is 8.43. The summed E-state index contributed by atoms with van der Waals surface area (Å²) >= 11 is 0. The molecule has 1 atom stereocenters. The summed E-state index contributed by atoms with van der Waals surface area (Å²) in [5, 5.41) is 2.97. The van der Waals surface area contributed by atoms with Gasteiger partial charge in [0.2, 0.25) is 0 Å². The molecule has 1 unspecified atom stereocenters. The molecule has 160 valence electrons. The molecule has 0 spiro atoms. The van der Waals surface area contributed by atoms with Crippen LogP contribution in [0.4, 0.5) is 5.69 Å². The maximum absolute atomic E-state index is 12.7. The minimum Gasteiger partial charge on any atom is -0.350 e. The third-order valence-electron chi connectivity index (χ3n) is 5.07. The lowest BCUT2D eigenvalue weighted by atomic mass is 10.1. The summed E-state index contributed by atoms with van der Waals surface area (Å²) in [6, 6.07) is 14.9. The number of nitrogens with one attached hydrogen (secondary N) is 1. The van der Waals surface area contributed by atoms with E-state index in [0.717, 1.165) is 12.8 Å². The van der Waals surface area contributed by atoms with Crippen LogP contribution in [0.15, 0.2) is 57.8 Å². The van der Waals surface area contributed by atoms with Gasteiger partial charge in [-0.15, -0.1) is 4.40 Å². The van der Waals surface area contributed by atoms with Crippen molar-refractivity contribution in [1.29, 1.82) is 0 Å². The molecule has 6 nitrogen and oxygen atoms in total. The summed E-state index contributed by atoms with van der Waals surface area (Å²) in [7, 11) is -3.82. The summed E-state index contributed by atoms with van der Waals surface area (Å²) < 4.78 is 29.1. The van der Waals surface area contributed by atoms with E-state index in [4.69, 9.17) is 0 Å². The number of hydrogen-bond acceptors (Lipinski definition) is 4. The standard InChI is InChI=1S/C23H29N3O3S/c1-16(2)15-26-18(4)25-30(28,29)22-14-20(12-13-21(22)26)23(27)24-17(3)10-11-19-8-6-5-7-9-19/h5-9,12-14,16-17H,10-11,15H2,1-4H3,(H,24,27). The van der Waals surface area contributed by atoms with Crippen molar-refractivity contribution in [3.05, 3.63) is 59.7 Å². The Morgan fingerprint density at radius 2 is 1.80 bits per heavy atom. The molecule has 7 heteroatoms. The first-order chi connectivity index (χ1) is 14.2. The van der Waals surface area contributed by atoms with E-state index in [9.17, 15) is 13.2 Å². The second-order valence-electron chi connectivity index (χ2n) is 8.20. The maximum atomic E-state index is 12.7. The number of nitrogens with zero attached hydrogens (tertiary/aromatic N) is 2. The van der Waals surface area contributed by atoms with Gasteiger partial charge in [0.1, 0.15) is 10.7 Å². The van der Waals surface area contributed by atoms with Crippen molar-refractivity contribution in [3.63, 3.8) is 0 Å². The molecule has 0 saturated heterocycles. The van der Waals surface area contributed by atoms with Gasteiger partial charge < -0.3 is 10.2 Å². The van der Waals surface area contributed by atoms with Crippen LogP contribution < -0.4 is 10.2 Å². The number of sulfonamides is 1. The van der Waals surface area contributed by atoms with E-state index in [0.29, 0.717) is 29.5 Å². The van der Waals surface area contributed by atoms with Crippen LogP contribution in [-0.2, 0) is 16.4 Å². The number of carbonyl (C=O) groups is 1. The number of amides is 1. The highest BCUT2D eigenvalue weighted by Crippen LogP contribution is 2.33. The van der Waals surface area contributed by atoms with Gasteiger partial charge in [-0.05, 0) is 56.4 Å². The van der Waals surface area contributed by atoms with Crippen molar-refractivity contribution >= 4 is 27.5 Å². The Labute approximate surface area is 179 Å². The topological polar surface area (TPSA) is 78.8 Å². The van der Waals surface area contributed by atoms with Crippen molar-refractivity contribution in [3.8, 4) is 0 Å². The normalized spacial score (nSPS) is 16.0. The lowest BCUT2D eigenvalue weighted by molar-refractivity contribution is 0.0938. The Morgan fingerprint density at radius 3 is 2.47 bits per heavy atom. The number of hydrogen-bond donors (Lipinski definition) is 1. The minimum absolute atomic E-state index is 0.0388. The first kappa shape index (κ1) is 22.0. The molecule has 2 aromatic carbocycles. The number of carbonyl (C=O) groups excluding carboxylic acids is 1. The molecular weight excluding hydrogens is 398 g/mol. The van der Waals surface area contributed by atoms with Crippen LogP contribution in [0, 0.1) is 5.92 Å². The van der Waals surface area contributed by atoms with Crippen LogP contribution in [-0.4, -0.2) is 32.7 Å². The van der Waals surface area contributed by atoms with Crippen LogP contribution in [0.1, 0.15) is 50.0 Å². The van der Waals surface area contributed by atoms with Gasteiger partial charge >= 0.3 is 0 Å². The van der Waals surface area contributed by atoms with E-state index in [2.05, 4.69) is 35.7 Å². The third kappa shape index (κ3) is 5.08. The molecule has 1 aliphatic rings. The van der Waals surface area contributed by atoms with Crippen LogP contribution in [0.2, 0.25) is 0 Å². The molecule has 1 heterocycles. The second kappa shape index (κ2) is 9.00. The zero-order valence-electron chi connectivity index (χ0n) is 17.9. The average molecular weight is 428 g/mol. The fraction of sp³-hybridized carbons (Fsp3) is 0.391. The fourth-order valence-electron chi connectivity index (χ4n) is 3.53. The molecule has 1 amide bonds. The molecule has 30 heavy (non-hydrogen) atoms. The molecule has 0 bridgehead atoms. The first-order valence-electron chi connectivity index (χ1n) is 10.3. The van der Waals surface area contributed by atoms with Crippen LogP contribution >= 0.6 is 0 Å². The molecule has 0 aliphatic carbocycles. The SMILES string of the molecule is CC1=NS(=O)(=O)c2cc(C(=O)NC(C)CCc3ccccc3)ccc2N1CC(C)C. The number of anilines is 1. The molecule has 0 aromatic heterocycles. The number of amidine groups is 1. The Kier molecular flexibility index (Phi) is 6.61. The van der Waals surface area contributed by atoms with Gasteiger partial charge in [0.25, 0.3) is 15.9 Å². The Bertz CT molecular complexity index is 1050. The molecule has 0 fully saturated rings. The van der Waals surface area contributed by atoms with Crippen molar-refractivity contribution in [1.82, 2.24) is 5.32 Å². The van der Waals surface area contributed by atoms with Crippen molar-refractivity contribution < 1.29 is 13.2 Å². The third-order valence-corrected chi connectivity index (χ3v) is 6.46. The van der Waals surface area contributed by atoms with Gasteiger partial charge in [0.15, 0.2) is 0 Å². The van der Waals surface area contributed by atoms with E-state index < -0.39 is 10.0 Å².